The summed E-state index contributed by atoms with van der Waals surface area (Å²) in [6, 6.07) is 5.95. The van der Waals surface area contributed by atoms with Crippen LogP contribution in [-0.2, 0) is 19.1 Å². The molecule has 0 aliphatic carbocycles. The van der Waals surface area contributed by atoms with E-state index in [0.29, 0.717) is 24.4 Å². The van der Waals surface area contributed by atoms with Crippen molar-refractivity contribution >= 4 is 35.3 Å². The van der Waals surface area contributed by atoms with E-state index in [1.54, 1.807) is 19.1 Å². The minimum Gasteiger partial charge on any atom is -0.480 e. The summed E-state index contributed by atoms with van der Waals surface area (Å²) in [7, 11) is 0. The zero-order valence-corrected chi connectivity index (χ0v) is 18.9. The SMILES string of the molecule is CCOC(=O)[C@H](CCCCCCCN)NC1CSc2ccccc2N(CC(=O)O)C1=O. The number of hydrogen-bond acceptors (Lipinski definition) is 7. The van der Waals surface area contributed by atoms with Crippen LogP contribution in [0.4, 0.5) is 5.69 Å². The van der Waals surface area contributed by atoms with Gasteiger partial charge in [0.15, 0.2) is 0 Å². The van der Waals surface area contributed by atoms with Gasteiger partial charge in [-0.3, -0.25) is 24.6 Å². The maximum atomic E-state index is 13.2. The van der Waals surface area contributed by atoms with Crippen LogP contribution in [0.15, 0.2) is 29.2 Å². The molecule has 1 aromatic carbocycles. The molecule has 0 bridgehead atoms. The van der Waals surface area contributed by atoms with Crippen LogP contribution < -0.4 is 16.0 Å². The molecule has 1 amide bonds. The number of carbonyl (C=O) groups is 3. The number of para-hydroxylation sites is 1. The first-order valence-electron chi connectivity index (χ1n) is 10.9. The number of rotatable bonds is 13. The molecule has 9 heteroatoms. The summed E-state index contributed by atoms with van der Waals surface area (Å²) in [6.07, 6.45) is 5.46. The van der Waals surface area contributed by atoms with Crippen LogP contribution in [0.25, 0.3) is 0 Å². The fraction of sp³-hybridized carbons (Fsp3) is 0.591. The number of fused-ring (bicyclic) bond motifs is 1. The van der Waals surface area contributed by atoms with Crippen molar-refractivity contribution in [1.82, 2.24) is 5.32 Å². The second-order valence-corrected chi connectivity index (χ2v) is 8.53. The first-order chi connectivity index (χ1) is 15.0. The number of esters is 1. The second-order valence-electron chi connectivity index (χ2n) is 7.47. The van der Waals surface area contributed by atoms with Crippen LogP contribution in [-0.4, -0.2) is 60.5 Å². The standard InChI is InChI=1S/C22H33N3O5S/c1-2-30-22(29)16(10-6-4-3-5-9-13-23)24-17-15-31-19-12-8-7-11-18(19)25(21(17)28)14-20(26)27/h7-8,11-12,16-17,24H,2-6,9-10,13-15,23H2,1H3,(H,26,27)/t16-,17?/m0/s1. The number of thioether (sulfide) groups is 1. The number of aliphatic carboxylic acids is 1. The number of nitrogens with one attached hydrogen (secondary N) is 1. The topological polar surface area (TPSA) is 122 Å². The lowest BCUT2D eigenvalue weighted by molar-refractivity contribution is -0.146. The average molecular weight is 452 g/mol. The highest BCUT2D eigenvalue weighted by atomic mass is 32.2. The smallest absolute Gasteiger partial charge is 0.323 e. The van der Waals surface area contributed by atoms with E-state index in [2.05, 4.69) is 5.32 Å². The number of benzene rings is 1. The number of unbranched alkanes of at least 4 members (excludes halogenated alkanes) is 4. The predicted molar refractivity (Wildman–Crippen MR) is 121 cm³/mol. The van der Waals surface area contributed by atoms with E-state index in [1.165, 1.54) is 16.7 Å². The Hall–Kier alpha value is -2.10. The van der Waals surface area contributed by atoms with Gasteiger partial charge < -0.3 is 15.6 Å². The Balaban J connectivity index is 2.10. The van der Waals surface area contributed by atoms with Crippen molar-refractivity contribution in [3.8, 4) is 0 Å². The predicted octanol–water partition coefficient (Wildman–Crippen LogP) is 2.40. The van der Waals surface area contributed by atoms with E-state index in [-0.39, 0.29) is 18.5 Å². The molecular weight excluding hydrogens is 418 g/mol. The van der Waals surface area contributed by atoms with Gasteiger partial charge in [0, 0.05) is 10.6 Å². The lowest BCUT2D eigenvalue weighted by Gasteiger charge is -2.27. The molecule has 0 saturated heterocycles. The van der Waals surface area contributed by atoms with Crippen molar-refractivity contribution < 1.29 is 24.2 Å². The van der Waals surface area contributed by atoms with Gasteiger partial charge in [-0.25, -0.2) is 0 Å². The van der Waals surface area contributed by atoms with Gasteiger partial charge in [-0.15, -0.1) is 11.8 Å². The third kappa shape index (κ3) is 7.83. The van der Waals surface area contributed by atoms with Crippen molar-refractivity contribution in [1.29, 1.82) is 0 Å². The average Bonchev–Trinajstić information content (AvgIpc) is 2.87. The number of anilines is 1. The number of carboxylic acid groups (broad SMARTS) is 1. The molecule has 1 unspecified atom stereocenters. The number of amides is 1. The quantitative estimate of drug-likeness (QED) is 0.309. The number of ether oxygens (including phenoxy) is 1. The molecule has 2 rings (SSSR count). The maximum Gasteiger partial charge on any atom is 0.323 e. The highest BCUT2D eigenvalue weighted by Crippen LogP contribution is 2.34. The van der Waals surface area contributed by atoms with Gasteiger partial charge in [0.2, 0.25) is 5.91 Å². The van der Waals surface area contributed by atoms with E-state index < -0.39 is 24.6 Å². The van der Waals surface area contributed by atoms with E-state index >= 15 is 0 Å². The van der Waals surface area contributed by atoms with Crippen molar-refractivity contribution in [3.05, 3.63) is 24.3 Å². The summed E-state index contributed by atoms with van der Waals surface area (Å²) < 4.78 is 5.22. The zero-order valence-electron chi connectivity index (χ0n) is 18.0. The fourth-order valence-electron chi connectivity index (χ4n) is 3.55. The van der Waals surface area contributed by atoms with Crippen LogP contribution in [0.2, 0.25) is 0 Å². The molecule has 4 N–H and O–H groups in total. The molecule has 1 heterocycles. The Bertz CT molecular complexity index is 746. The summed E-state index contributed by atoms with van der Waals surface area (Å²) in [5, 5.41) is 12.5. The van der Waals surface area contributed by atoms with Gasteiger partial charge in [0.05, 0.1) is 18.3 Å². The Morgan fingerprint density at radius 2 is 1.97 bits per heavy atom. The lowest BCUT2D eigenvalue weighted by Crippen LogP contribution is -2.54. The van der Waals surface area contributed by atoms with Gasteiger partial charge in [0.25, 0.3) is 0 Å². The molecular formula is C22H33N3O5S. The molecule has 2 atom stereocenters. The van der Waals surface area contributed by atoms with Crippen LogP contribution in [0, 0.1) is 0 Å². The highest BCUT2D eigenvalue weighted by Gasteiger charge is 2.34. The van der Waals surface area contributed by atoms with Gasteiger partial charge in [-0.2, -0.15) is 0 Å². The van der Waals surface area contributed by atoms with Crippen LogP contribution >= 0.6 is 11.8 Å². The summed E-state index contributed by atoms with van der Waals surface area (Å²) in [5.41, 5.74) is 6.10. The molecule has 31 heavy (non-hydrogen) atoms. The van der Waals surface area contributed by atoms with Crippen molar-refractivity contribution in [2.75, 3.05) is 30.3 Å². The Kier molecular flexibility index (Phi) is 10.8. The Labute approximate surface area is 187 Å². The summed E-state index contributed by atoms with van der Waals surface area (Å²) in [6.45, 7) is 2.26. The number of hydrogen-bond donors (Lipinski definition) is 3. The summed E-state index contributed by atoms with van der Waals surface area (Å²) >= 11 is 1.47. The number of nitrogens with zero attached hydrogens (tertiary/aromatic N) is 1. The minimum absolute atomic E-state index is 0.261. The second kappa shape index (κ2) is 13.3. The molecule has 0 spiro atoms. The molecule has 1 aliphatic rings. The Morgan fingerprint density at radius 3 is 2.68 bits per heavy atom. The number of carbonyl (C=O) groups excluding carboxylic acids is 2. The van der Waals surface area contributed by atoms with Gasteiger partial charge in [0.1, 0.15) is 12.6 Å². The first-order valence-corrected chi connectivity index (χ1v) is 11.8. The van der Waals surface area contributed by atoms with E-state index in [1.807, 2.05) is 12.1 Å². The number of carboxylic acids is 1. The molecule has 172 valence electrons. The molecule has 1 aliphatic heterocycles. The summed E-state index contributed by atoms with van der Waals surface area (Å²) in [5.74, 6) is -1.42. The van der Waals surface area contributed by atoms with Crippen LogP contribution in [0.3, 0.4) is 0 Å². The zero-order chi connectivity index (χ0) is 22.6. The molecule has 0 radical (unpaired) electrons. The highest BCUT2D eigenvalue weighted by molar-refractivity contribution is 7.99. The number of nitrogens with two attached hydrogens (primary N) is 1. The van der Waals surface area contributed by atoms with Gasteiger partial charge >= 0.3 is 11.9 Å². The molecule has 8 nitrogen and oxygen atoms in total. The monoisotopic (exact) mass is 451 g/mol. The fourth-order valence-corrected chi connectivity index (χ4v) is 4.64. The van der Waals surface area contributed by atoms with E-state index in [4.69, 9.17) is 10.5 Å². The maximum absolute atomic E-state index is 13.2. The molecule has 0 saturated carbocycles. The first kappa shape index (κ1) is 25.2. The van der Waals surface area contributed by atoms with Crippen LogP contribution in [0.5, 0.6) is 0 Å². The third-order valence-corrected chi connectivity index (χ3v) is 6.25. The third-order valence-electron chi connectivity index (χ3n) is 5.09. The summed E-state index contributed by atoms with van der Waals surface area (Å²) in [4.78, 5) is 39.3. The van der Waals surface area contributed by atoms with Crippen molar-refractivity contribution in [2.45, 2.75) is 62.4 Å². The normalized spacial score (nSPS) is 17.0. The molecule has 0 fully saturated rings. The van der Waals surface area contributed by atoms with Crippen molar-refractivity contribution in [2.24, 2.45) is 5.73 Å². The van der Waals surface area contributed by atoms with E-state index in [9.17, 15) is 19.5 Å². The van der Waals surface area contributed by atoms with Gasteiger partial charge in [-0.1, -0.05) is 37.8 Å². The largest absolute Gasteiger partial charge is 0.480 e. The van der Waals surface area contributed by atoms with Crippen LogP contribution in [0.1, 0.15) is 45.4 Å². The Morgan fingerprint density at radius 1 is 1.26 bits per heavy atom. The molecule has 1 aromatic rings. The van der Waals surface area contributed by atoms with Crippen molar-refractivity contribution in [3.63, 3.8) is 0 Å². The van der Waals surface area contributed by atoms with Gasteiger partial charge in [-0.05, 0) is 38.4 Å². The lowest BCUT2D eigenvalue weighted by atomic mass is 10.0. The van der Waals surface area contributed by atoms with E-state index in [0.717, 1.165) is 37.0 Å². The minimum atomic E-state index is -1.09. The molecule has 0 aromatic heterocycles.